The summed E-state index contributed by atoms with van der Waals surface area (Å²) in [5.41, 5.74) is -2.99. The third-order valence-corrected chi connectivity index (χ3v) is 7.26. The number of aliphatic hydroxyl groups excluding tert-OH is 1. The molecule has 0 bridgehead atoms. The van der Waals surface area contributed by atoms with Gasteiger partial charge in [0.15, 0.2) is 0 Å². The van der Waals surface area contributed by atoms with Crippen molar-refractivity contribution in [3.05, 3.63) is 125 Å². The zero-order valence-corrected chi connectivity index (χ0v) is 21.9. The smallest absolute Gasteiger partial charge is 0.338 e. The van der Waals surface area contributed by atoms with Crippen molar-refractivity contribution in [3.8, 4) is 5.75 Å². The third kappa shape index (κ3) is 3.70. The highest BCUT2D eigenvalue weighted by Crippen LogP contribution is 2.51. The van der Waals surface area contributed by atoms with Gasteiger partial charge >= 0.3 is 11.9 Å². The van der Waals surface area contributed by atoms with Crippen molar-refractivity contribution in [2.24, 2.45) is 0 Å². The molecule has 10 heteroatoms. The number of phenolic OH excluding ortho intramolecular Hbond substituents is 1. The van der Waals surface area contributed by atoms with Crippen molar-refractivity contribution in [1.29, 1.82) is 0 Å². The molecule has 0 saturated carbocycles. The number of rotatable bonds is 4. The van der Waals surface area contributed by atoms with Crippen LogP contribution in [0.3, 0.4) is 0 Å². The molecule has 1 unspecified atom stereocenters. The summed E-state index contributed by atoms with van der Waals surface area (Å²) in [5.74, 6) is -4.58. The molecule has 1 spiro atoms. The molecule has 9 nitrogen and oxygen atoms in total. The predicted molar refractivity (Wildman–Crippen MR) is 153 cm³/mol. The number of para-hydroxylation sites is 4. The minimum Gasteiger partial charge on any atom is -0.507 e. The Hall–Kier alpha value is -5.41. The highest BCUT2D eigenvalue weighted by atomic mass is 35.5. The fourth-order valence-electron chi connectivity index (χ4n) is 5.26. The first-order chi connectivity index (χ1) is 19.8. The van der Waals surface area contributed by atoms with Crippen molar-refractivity contribution in [3.63, 3.8) is 0 Å². The van der Waals surface area contributed by atoms with E-state index in [0.29, 0.717) is 5.02 Å². The van der Waals surface area contributed by atoms with E-state index < -0.39 is 46.4 Å². The Balaban J connectivity index is 1.76. The zero-order chi connectivity index (χ0) is 28.9. The van der Waals surface area contributed by atoms with Crippen LogP contribution in [0.2, 0.25) is 5.02 Å². The number of hydrogen-bond acceptors (Lipinski definition) is 6. The quantitative estimate of drug-likeness (QED) is 0.150. The highest BCUT2D eigenvalue weighted by Gasteiger charge is 2.73. The summed E-state index contributed by atoms with van der Waals surface area (Å²) >= 11 is 6.03. The average Bonchev–Trinajstić information content (AvgIpc) is 3.35. The molecular weight excluding hydrogens is 546 g/mol. The van der Waals surface area contributed by atoms with Crippen LogP contribution in [0.25, 0.3) is 5.76 Å². The first-order valence-corrected chi connectivity index (χ1v) is 12.8. The molecule has 2 aliphatic heterocycles. The lowest BCUT2D eigenvalue weighted by Gasteiger charge is -2.39. The van der Waals surface area contributed by atoms with Crippen LogP contribution in [0.1, 0.15) is 5.56 Å². The highest BCUT2D eigenvalue weighted by molar-refractivity contribution is 6.57. The molecule has 2 heterocycles. The average molecular weight is 566 g/mol. The van der Waals surface area contributed by atoms with Crippen LogP contribution in [0.4, 0.5) is 21.9 Å². The minimum atomic E-state index is -2.55. The number of Topliss-reactive ketones (excluding diaryl/α,β-unsaturated/α-hetero) is 1. The number of carbonyl (C=O) groups is 4. The largest absolute Gasteiger partial charge is 0.507 e. The molecule has 2 aliphatic rings. The summed E-state index contributed by atoms with van der Waals surface area (Å²) < 4.78 is 0. The molecule has 2 N–H and O–H groups in total. The molecule has 0 aromatic heterocycles. The second kappa shape index (κ2) is 9.65. The van der Waals surface area contributed by atoms with Gasteiger partial charge in [0.05, 0.1) is 11.4 Å². The maximum absolute atomic E-state index is 14.8. The van der Waals surface area contributed by atoms with E-state index >= 15 is 0 Å². The molecule has 4 aromatic rings. The summed E-state index contributed by atoms with van der Waals surface area (Å²) in [5, 5.41) is 22.9. The number of ketones is 1. The monoisotopic (exact) mass is 565 g/mol. The van der Waals surface area contributed by atoms with Crippen LogP contribution in [-0.4, -0.2) is 39.5 Å². The molecule has 41 heavy (non-hydrogen) atoms. The Morgan fingerprint density at radius 2 is 1.24 bits per heavy atom. The van der Waals surface area contributed by atoms with Crippen LogP contribution < -0.4 is 14.7 Å². The number of nitrogens with zero attached hydrogens (tertiary/aromatic N) is 3. The topological polar surface area (TPSA) is 118 Å². The van der Waals surface area contributed by atoms with E-state index in [9.17, 15) is 29.4 Å². The molecule has 0 aliphatic carbocycles. The van der Waals surface area contributed by atoms with Crippen LogP contribution in [0.15, 0.2) is 115 Å². The van der Waals surface area contributed by atoms with Gasteiger partial charge in [0.1, 0.15) is 17.1 Å². The Morgan fingerprint density at radius 1 is 0.683 bits per heavy atom. The predicted octanol–water partition coefficient (Wildman–Crippen LogP) is 5.30. The summed E-state index contributed by atoms with van der Waals surface area (Å²) in [4.78, 5) is 59.5. The molecule has 2 fully saturated rings. The zero-order valence-electron chi connectivity index (χ0n) is 21.1. The molecule has 202 valence electrons. The van der Waals surface area contributed by atoms with E-state index in [4.69, 9.17) is 11.6 Å². The van der Waals surface area contributed by atoms with Gasteiger partial charge in [0, 0.05) is 16.3 Å². The van der Waals surface area contributed by atoms with Gasteiger partial charge in [-0.1, -0.05) is 60.1 Å². The number of halogens is 1. The van der Waals surface area contributed by atoms with Crippen molar-refractivity contribution in [1.82, 2.24) is 0 Å². The maximum atomic E-state index is 14.8. The van der Waals surface area contributed by atoms with Gasteiger partial charge in [0.25, 0.3) is 11.7 Å². The van der Waals surface area contributed by atoms with E-state index in [1.165, 1.54) is 72.8 Å². The lowest BCUT2D eigenvalue weighted by molar-refractivity contribution is -0.132. The number of aromatic hydroxyl groups is 1. The maximum Gasteiger partial charge on any atom is 0.338 e. The molecular formula is C31H20ClN3O6. The number of anilines is 3. The van der Waals surface area contributed by atoms with E-state index in [-0.39, 0.29) is 22.6 Å². The van der Waals surface area contributed by atoms with Gasteiger partial charge in [-0.05, 0) is 60.7 Å². The lowest BCUT2D eigenvalue weighted by Crippen LogP contribution is -2.61. The molecule has 1 atom stereocenters. The van der Waals surface area contributed by atoms with E-state index in [0.717, 1.165) is 14.7 Å². The van der Waals surface area contributed by atoms with Crippen LogP contribution in [0.5, 0.6) is 5.75 Å². The SMILES string of the molecule is O=C1C(=O)N(c2ccccc2O)C2(C(=O)N(c3ccccc3)C(=O)N2c2ccccc2)/C1=C(\O)c1ccc(Cl)cc1. The standard InChI is InChI=1S/C31H20ClN3O6/c32-20-17-15-19(16-18-20)26(37)25-27(38)28(39)35(23-13-7-8-14-24(23)36)31(25)29(40)33(21-9-3-1-4-10-21)30(41)34(31)22-11-5-2-6-12-22/h1-18,36-37H/b26-25-. The first kappa shape index (κ1) is 25.8. The van der Waals surface area contributed by atoms with Gasteiger partial charge in [0.2, 0.25) is 5.66 Å². The number of benzene rings is 4. The number of phenols is 1. The van der Waals surface area contributed by atoms with Crippen molar-refractivity contribution >= 4 is 58.1 Å². The number of aliphatic hydroxyl groups is 1. The van der Waals surface area contributed by atoms with E-state index in [2.05, 4.69) is 0 Å². The van der Waals surface area contributed by atoms with Crippen molar-refractivity contribution in [2.75, 3.05) is 14.7 Å². The summed E-state index contributed by atoms with van der Waals surface area (Å²) in [6.07, 6.45) is 0. The number of amides is 4. The van der Waals surface area contributed by atoms with Gasteiger partial charge < -0.3 is 10.2 Å². The van der Waals surface area contributed by atoms with Crippen LogP contribution in [0, 0.1) is 0 Å². The Kier molecular flexibility index (Phi) is 6.08. The Labute approximate surface area is 238 Å². The molecule has 4 aromatic carbocycles. The molecule has 4 amide bonds. The first-order valence-electron chi connectivity index (χ1n) is 12.4. The lowest BCUT2D eigenvalue weighted by atomic mass is 9.92. The number of imide groups is 1. The second-order valence-corrected chi connectivity index (χ2v) is 9.73. The van der Waals surface area contributed by atoms with Crippen molar-refractivity contribution < 1.29 is 29.4 Å². The van der Waals surface area contributed by atoms with Crippen molar-refractivity contribution in [2.45, 2.75) is 5.66 Å². The van der Waals surface area contributed by atoms with Gasteiger partial charge in [-0.25, -0.2) is 9.69 Å². The Morgan fingerprint density at radius 3 is 1.85 bits per heavy atom. The third-order valence-electron chi connectivity index (χ3n) is 7.01. The number of urea groups is 1. The molecule has 2 saturated heterocycles. The summed E-state index contributed by atoms with van der Waals surface area (Å²) in [6.45, 7) is 0. The second-order valence-electron chi connectivity index (χ2n) is 9.29. The van der Waals surface area contributed by atoms with Crippen LogP contribution >= 0.6 is 11.6 Å². The summed E-state index contributed by atoms with van der Waals surface area (Å²) in [6, 6.07) is 26.6. The van der Waals surface area contributed by atoms with Gasteiger partial charge in [-0.3, -0.25) is 24.2 Å². The summed E-state index contributed by atoms with van der Waals surface area (Å²) in [7, 11) is 0. The molecule has 0 radical (unpaired) electrons. The van der Waals surface area contributed by atoms with Gasteiger partial charge in [-0.15, -0.1) is 0 Å². The fourth-order valence-corrected chi connectivity index (χ4v) is 5.38. The number of carbonyl (C=O) groups excluding carboxylic acids is 4. The van der Waals surface area contributed by atoms with E-state index in [1.807, 2.05) is 0 Å². The molecule has 6 rings (SSSR count). The minimum absolute atomic E-state index is 0.0791. The van der Waals surface area contributed by atoms with Crippen LogP contribution in [-0.2, 0) is 14.4 Å². The number of hydrogen-bond donors (Lipinski definition) is 2. The normalized spacial score (nSPS) is 20.0. The van der Waals surface area contributed by atoms with E-state index in [1.54, 1.807) is 36.4 Å². The fraction of sp³-hybridized carbons (Fsp3) is 0.0323. The Bertz CT molecular complexity index is 1760. The van der Waals surface area contributed by atoms with Gasteiger partial charge in [-0.2, -0.15) is 0 Å².